The fourth-order valence-corrected chi connectivity index (χ4v) is 3.49. The van der Waals surface area contributed by atoms with E-state index in [1.807, 2.05) is 12.3 Å². The molecule has 4 nitrogen and oxygen atoms in total. The number of hydrogen-bond donors (Lipinski definition) is 2. The zero-order valence-corrected chi connectivity index (χ0v) is 12.5. The highest BCUT2D eigenvalue weighted by Gasteiger charge is 2.16. The van der Waals surface area contributed by atoms with Gasteiger partial charge < -0.3 is 15.0 Å². The lowest BCUT2D eigenvalue weighted by Gasteiger charge is -2.09. The number of hydrogen-bond acceptors (Lipinski definition) is 4. The van der Waals surface area contributed by atoms with E-state index in [1.165, 1.54) is 11.8 Å². The normalized spacial score (nSPS) is 18.4. The van der Waals surface area contributed by atoms with E-state index in [0.29, 0.717) is 6.10 Å². The van der Waals surface area contributed by atoms with E-state index in [0.717, 1.165) is 41.5 Å². The van der Waals surface area contributed by atoms with Gasteiger partial charge in [0.15, 0.2) is 5.13 Å². The summed E-state index contributed by atoms with van der Waals surface area (Å²) in [7, 11) is 0. The molecule has 2 N–H and O–H groups in total. The number of aromatic amines is 1. The Kier molecular flexibility index (Phi) is 3.37. The number of fused-ring (bicyclic) bond motifs is 1. The molecule has 21 heavy (non-hydrogen) atoms. The van der Waals surface area contributed by atoms with Gasteiger partial charge in [-0.25, -0.2) is 4.98 Å². The second kappa shape index (κ2) is 5.50. The molecular weight excluding hydrogens is 282 g/mol. The SMILES string of the molecule is c1ccc2c(-c3csc(NC[C@@H]4CCCO4)n3)c[nH]c2c1. The molecule has 1 fully saturated rings. The van der Waals surface area contributed by atoms with Crippen LogP contribution in [-0.2, 0) is 4.74 Å². The van der Waals surface area contributed by atoms with E-state index in [2.05, 4.69) is 33.9 Å². The topological polar surface area (TPSA) is 49.9 Å². The number of benzene rings is 1. The van der Waals surface area contributed by atoms with Crippen molar-refractivity contribution in [3.05, 3.63) is 35.8 Å². The number of nitrogens with one attached hydrogen (secondary N) is 2. The molecule has 108 valence electrons. The van der Waals surface area contributed by atoms with Crippen LogP contribution in [0, 0.1) is 0 Å². The van der Waals surface area contributed by atoms with Crippen LogP contribution in [0.4, 0.5) is 5.13 Å². The van der Waals surface area contributed by atoms with Crippen LogP contribution >= 0.6 is 11.3 Å². The van der Waals surface area contributed by atoms with Gasteiger partial charge in [0.05, 0.1) is 11.8 Å². The van der Waals surface area contributed by atoms with Gasteiger partial charge in [-0.3, -0.25) is 0 Å². The summed E-state index contributed by atoms with van der Waals surface area (Å²) in [5.74, 6) is 0. The molecule has 3 heterocycles. The molecule has 0 bridgehead atoms. The van der Waals surface area contributed by atoms with Crippen molar-refractivity contribution in [2.75, 3.05) is 18.5 Å². The van der Waals surface area contributed by atoms with Crippen molar-refractivity contribution in [2.45, 2.75) is 18.9 Å². The van der Waals surface area contributed by atoms with Gasteiger partial charge in [-0.15, -0.1) is 11.3 Å². The van der Waals surface area contributed by atoms with Crippen LogP contribution in [0.25, 0.3) is 22.2 Å². The molecule has 0 unspecified atom stereocenters. The van der Waals surface area contributed by atoms with Crippen LogP contribution < -0.4 is 5.32 Å². The first-order valence-electron chi connectivity index (χ1n) is 7.27. The minimum absolute atomic E-state index is 0.338. The summed E-state index contributed by atoms with van der Waals surface area (Å²) in [5, 5.41) is 7.67. The van der Waals surface area contributed by atoms with E-state index < -0.39 is 0 Å². The smallest absolute Gasteiger partial charge is 0.183 e. The lowest BCUT2D eigenvalue weighted by molar-refractivity contribution is 0.120. The van der Waals surface area contributed by atoms with Crippen LogP contribution in [0.15, 0.2) is 35.8 Å². The molecule has 4 rings (SSSR count). The zero-order chi connectivity index (χ0) is 14.1. The highest BCUT2D eigenvalue weighted by molar-refractivity contribution is 7.14. The molecule has 3 aromatic rings. The number of anilines is 1. The molecule has 0 aliphatic carbocycles. The second-order valence-electron chi connectivity index (χ2n) is 5.30. The third-order valence-electron chi connectivity index (χ3n) is 3.87. The number of thiazole rings is 1. The molecule has 2 aromatic heterocycles. The van der Waals surface area contributed by atoms with Crippen molar-refractivity contribution in [3.63, 3.8) is 0 Å². The molecule has 1 aliphatic heterocycles. The molecule has 5 heteroatoms. The third-order valence-corrected chi connectivity index (χ3v) is 4.67. The number of rotatable bonds is 4. The van der Waals surface area contributed by atoms with Crippen LogP contribution in [0.3, 0.4) is 0 Å². The zero-order valence-electron chi connectivity index (χ0n) is 11.6. The Morgan fingerprint density at radius 1 is 1.38 bits per heavy atom. The second-order valence-corrected chi connectivity index (χ2v) is 6.16. The first kappa shape index (κ1) is 12.9. The fourth-order valence-electron chi connectivity index (χ4n) is 2.77. The minimum atomic E-state index is 0.338. The Morgan fingerprint density at radius 3 is 3.24 bits per heavy atom. The maximum absolute atomic E-state index is 5.62. The Hall–Kier alpha value is -1.85. The number of ether oxygens (including phenoxy) is 1. The lowest BCUT2D eigenvalue weighted by atomic mass is 10.1. The molecule has 0 amide bonds. The van der Waals surface area contributed by atoms with Gasteiger partial charge in [0.25, 0.3) is 0 Å². The van der Waals surface area contributed by atoms with Crippen molar-refractivity contribution in [3.8, 4) is 11.3 Å². The quantitative estimate of drug-likeness (QED) is 0.768. The molecule has 1 aromatic carbocycles. The highest BCUT2D eigenvalue weighted by atomic mass is 32.1. The lowest BCUT2D eigenvalue weighted by Crippen LogP contribution is -2.18. The predicted octanol–water partition coefficient (Wildman–Crippen LogP) is 3.88. The average Bonchev–Trinajstić information content (AvgIpc) is 3.25. The summed E-state index contributed by atoms with van der Waals surface area (Å²) in [6, 6.07) is 8.31. The van der Waals surface area contributed by atoms with Crippen molar-refractivity contribution >= 4 is 27.4 Å². The Balaban J connectivity index is 1.53. The number of para-hydroxylation sites is 1. The first-order chi connectivity index (χ1) is 10.4. The maximum atomic E-state index is 5.62. The molecule has 1 atom stereocenters. The van der Waals surface area contributed by atoms with Gasteiger partial charge in [-0.05, 0) is 18.9 Å². The standard InChI is InChI=1S/C16H17N3OS/c1-2-6-14-12(5-1)13(9-17-14)15-10-21-16(19-15)18-8-11-4-3-7-20-11/h1-2,5-6,9-11,17H,3-4,7-8H2,(H,18,19)/t11-/m0/s1. The molecule has 1 saturated heterocycles. The van der Waals surface area contributed by atoms with E-state index in [-0.39, 0.29) is 0 Å². The summed E-state index contributed by atoms with van der Waals surface area (Å²) in [6.45, 7) is 1.74. The molecular formula is C16H17N3OS. The van der Waals surface area contributed by atoms with Crippen LogP contribution in [-0.4, -0.2) is 29.2 Å². The van der Waals surface area contributed by atoms with Crippen molar-refractivity contribution in [2.24, 2.45) is 0 Å². The molecule has 0 spiro atoms. The first-order valence-corrected chi connectivity index (χ1v) is 8.15. The van der Waals surface area contributed by atoms with E-state index in [4.69, 9.17) is 9.72 Å². The van der Waals surface area contributed by atoms with E-state index >= 15 is 0 Å². The number of nitrogens with zero attached hydrogens (tertiary/aromatic N) is 1. The Bertz CT molecular complexity index is 743. The summed E-state index contributed by atoms with van der Waals surface area (Å²) in [5.41, 5.74) is 3.33. The van der Waals surface area contributed by atoms with Crippen molar-refractivity contribution in [1.82, 2.24) is 9.97 Å². The van der Waals surface area contributed by atoms with E-state index in [9.17, 15) is 0 Å². The van der Waals surface area contributed by atoms with Crippen LogP contribution in [0.2, 0.25) is 0 Å². The van der Waals surface area contributed by atoms with Crippen LogP contribution in [0.5, 0.6) is 0 Å². The van der Waals surface area contributed by atoms with Gasteiger partial charge in [0, 0.05) is 41.2 Å². The van der Waals surface area contributed by atoms with Gasteiger partial charge in [0.2, 0.25) is 0 Å². The Labute approximate surface area is 127 Å². The van der Waals surface area contributed by atoms with Gasteiger partial charge in [-0.1, -0.05) is 18.2 Å². The van der Waals surface area contributed by atoms with Crippen molar-refractivity contribution in [1.29, 1.82) is 0 Å². The molecule has 0 saturated carbocycles. The van der Waals surface area contributed by atoms with Gasteiger partial charge >= 0.3 is 0 Å². The monoisotopic (exact) mass is 299 g/mol. The van der Waals surface area contributed by atoms with Gasteiger partial charge in [0.1, 0.15) is 0 Å². The van der Waals surface area contributed by atoms with Gasteiger partial charge in [-0.2, -0.15) is 0 Å². The molecule has 1 aliphatic rings. The summed E-state index contributed by atoms with van der Waals surface area (Å²) < 4.78 is 5.62. The summed E-state index contributed by atoms with van der Waals surface area (Å²) in [4.78, 5) is 7.99. The third kappa shape index (κ3) is 2.54. The van der Waals surface area contributed by atoms with Crippen LogP contribution in [0.1, 0.15) is 12.8 Å². The number of aromatic nitrogens is 2. The highest BCUT2D eigenvalue weighted by Crippen LogP contribution is 2.31. The van der Waals surface area contributed by atoms with E-state index in [1.54, 1.807) is 11.3 Å². The Morgan fingerprint density at radius 2 is 2.33 bits per heavy atom. The molecule has 0 radical (unpaired) electrons. The largest absolute Gasteiger partial charge is 0.376 e. The fraction of sp³-hybridized carbons (Fsp3) is 0.312. The van der Waals surface area contributed by atoms with Crippen molar-refractivity contribution < 1.29 is 4.74 Å². The minimum Gasteiger partial charge on any atom is -0.376 e. The maximum Gasteiger partial charge on any atom is 0.183 e. The summed E-state index contributed by atoms with van der Waals surface area (Å²) >= 11 is 1.65. The predicted molar refractivity (Wildman–Crippen MR) is 86.9 cm³/mol. The average molecular weight is 299 g/mol. The number of H-pyrrole nitrogens is 1. The summed E-state index contributed by atoms with van der Waals surface area (Å²) in [6.07, 6.45) is 4.69.